The number of aryl methyl sites for hydroxylation is 2. The highest BCUT2D eigenvalue weighted by atomic mass is 32.2. The van der Waals surface area contributed by atoms with E-state index in [1.54, 1.807) is 0 Å². The van der Waals surface area contributed by atoms with Gasteiger partial charge in [-0.15, -0.1) is 0 Å². The third kappa shape index (κ3) is 1.54. The average Bonchev–Trinajstić information content (AvgIpc) is 2.42. The van der Waals surface area contributed by atoms with Crippen LogP contribution in [0.5, 0.6) is 0 Å². The van der Waals surface area contributed by atoms with Crippen molar-refractivity contribution in [1.29, 1.82) is 0 Å². The summed E-state index contributed by atoms with van der Waals surface area (Å²) in [6.45, 7) is 6.18. The Balaban J connectivity index is 2.57. The Morgan fingerprint density at radius 2 is 1.93 bits per heavy atom. The highest BCUT2D eigenvalue weighted by molar-refractivity contribution is 7.86. The van der Waals surface area contributed by atoms with Crippen molar-refractivity contribution < 1.29 is 4.21 Å². The molecule has 3 heteroatoms. The van der Waals surface area contributed by atoms with Gasteiger partial charge in [0.25, 0.3) is 0 Å². The Morgan fingerprint density at radius 1 is 1.33 bits per heavy atom. The first-order valence-electron chi connectivity index (χ1n) is 5.33. The molecule has 1 aromatic carbocycles. The highest BCUT2D eigenvalue weighted by Gasteiger charge is 2.35. The zero-order valence-electron chi connectivity index (χ0n) is 9.41. The Morgan fingerprint density at radius 3 is 2.53 bits per heavy atom. The number of nitrogens with two attached hydrogens (primary N) is 1. The summed E-state index contributed by atoms with van der Waals surface area (Å²) in [6.07, 6.45) is 0.876. The number of benzene rings is 1. The van der Waals surface area contributed by atoms with Crippen LogP contribution in [0.4, 0.5) is 0 Å². The Kier molecular flexibility index (Phi) is 2.69. The molecule has 0 radical (unpaired) electrons. The van der Waals surface area contributed by atoms with E-state index in [4.69, 9.17) is 5.73 Å². The van der Waals surface area contributed by atoms with Gasteiger partial charge in [0.05, 0.1) is 16.0 Å². The van der Waals surface area contributed by atoms with Crippen LogP contribution >= 0.6 is 0 Å². The Bertz CT molecular complexity index is 428. The third-order valence-corrected chi connectivity index (χ3v) is 5.24. The van der Waals surface area contributed by atoms with Crippen LogP contribution in [0.15, 0.2) is 17.0 Å². The minimum absolute atomic E-state index is 0.0508. The monoisotopic (exact) mass is 223 g/mol. The maximum Gasteiger partial charge on any atom is 0.0585 e. The number of hydrogen-bond acceptors (Lipinski definition) is 2. The van der Waals surface area contributed by atoms with Crippen molar-refractivity contribution in [3.05, 3.63) is 28.8 Å². The lowest BCUT2D eigenvalue weighted by Gasteiger charge is -2.11. The van der Waals surface area contributed by atoms with Gasteiger partial charge in [0.15, 0.2) is 0 Å². The molecule has 0 saturated heterocycles. The van der Waals surface area contributed by atoms with Crippen molar-refractivity contribution in [3.8, 4) is 0 Å². The van der Waals surface area contributed by atoms with Gasteiger partial charge < -0.3 is 5.73 Å². The summed E-state index contributed by atoms with van der Waals surface area (Å²) in [5.74, 6) is 0. The quantitative estimate of drug-likeness (QED) is 0.793. The van der Waals surface area contributed by atoms with E-state index in [9.17, 15) is 4.21 Å². The molecule has 2 nitrogen and oxygen atoms in total. The molecular weight excluding hydrogens is 206 g/mol. The van der Waals surface area contributed by atoms with E-state index in [2.05, 4.69) is 19.9 Å². The first-order valence-corrected chi connectivity index (χ1v) is 6.54. The van der Waals surface area contributed by atoms with E-state index in [1.807, 2.05) is 13.0 Å². The van der Waals surface area contributed by atoms with Crippen LogP contribution in [0.2, 0.25) is 0 Å². The van der Waals surface area contributed by atoms with Crippen molar-refractivity contribution in [2.24, 2.45) is 5.73 Å². The average molecular weight is 223 g/mol. The third-order valence-electron chi connectivity index (χ3n) is 3.28. The number of fused-ring (bicyclic) bond motifs is 1. The normalized spacial score (nSPS) is 29.2. The molecule has 0 saturated carbocycles. The second-order valence-corrected chi connectivity index (χ2v) is 5.88. The summed E-state index contributed by atoms with van der Waals surface area (Å²) < 4.78 is 12.1. The molecular formula is C12H17NOS. The maximum atomic E-state index is 12.1. The van der Waals surface area contributed by atoms with E-state index in [0.29, 0.717) is 0 Å². The maximum absolute atomic E-state index is 12.1. The molecule has 1 aromatic rings. The predicted octanol–water partition coefficient (Wildman–Crippen LogP) is 2.20. The second-order valence-electron chi connectivity index (χ2n) is 4.24. The summed E-state index contributed by atoms with van der Waals surface area (Å²) in [5, 5.41) is 0.0983. The molecule has 82 valence electrons. The molecule has 0 amide bonds. The first-order chi connectivity index (χ1) is 7.06. The molecule has 2 N–H and O–H groups in total. The largest absolute Gasteiger partial charge is 0.323 e. The summed E-state index contributed by atoms with van der Waals surface area (Å²) in [6, 6.07) is 4.09. The summed E-state index contributed by atoms with van der Waals surface area (Å²) >= 11 is 0. The van der Waals surface area contributed by atoms with Gasteiger partial charge >= 0.3 is 0 Å². The van der Waals surface area contributed by atoms with Gasteiger partial charge in [-0.25, -0.2) is 0 Å². The zero-order chi connectivity index (χ0) is 11.2. The molecule has 0 aliphatic carbocycles. The molecule has 3 atom stereocenters. The van der Waals surface area contributed by atoms with Gasteiger partial charge in [-0.05, 0) is 43.0 Å². The van der Waals surface area contributed by atoms with Crippen LogP contribution in [0.3, 0.4) is 0 Å². The Hall–Kier alpha value is -0.670. The minimum atomic E-state index is -0.909. The summed E-state index contributed by atoms with van der Waals surface area (Å²) in [5.41, 5.74) is 9.64. The van der Waals surface area contributed by atoms with Gasteiger partial charge in [0.2, 0.25) is 0 Å². The summed E-state index contributed by atoms with van der Waals surface area (Å²) in [4.78, 5) is 0.956. The molecule has 0 bridgehead atoms. The van der Waals surface area contributed by atoms with E-state index in [-0.39, 0.29) is 11.3 Å². The van der Waals surface area contributed by atoms with Crippen molar-refractivity contribution >= 4 is 10.8 Å². The van der Waals surface area contributed by atoms with Crippen molar-refractivity contribution in [3.63, 3.8) is 0 Å². The Labute approximate surface area is 93.3 Å². The SMILES string of the molecule is CCC1C(N)c2cc(C)c(C)cc2S1=O. The van der Waals surface area contributed by atoms with E-state index in [1.165, 1.54) is 11.1 Å². The van der Waals surface area contributed by atoms with Gasteiger partial charge in [-0.1, -0.05) is 13.0 Å². The highest BCUT2D eigenvalue weighted by Crippen LogP contribution is 2.37. The molecule has 2 rings (SSSR count). The standard InChI is InChI=1S/C12H17NOS/c1-4-10-12(13)9-5-7(2)8(3)6-11(9)15(10)14/h5-6,10,12H,4,13H2,1-3H3. The van der Waals surface area contributed by atoms with Crippen LogP contribution < -0.4 is 5.73 Å². The first kappa shape index (κ1) is 10.8. The molecule has 1 aliphatic rings. The lowest BCUT2D eigenvalue weighted by molar-refractivity contribution is 0.632. The van der Waals surface area contributed by atoms with Crippen LogP contribution in [-0.2, 0) is 10.8 Å². The summed E-state index contributed by atoms with van der Waals surface area (Å²) in [7, 11) is -0.909. The van der Waals surface area contributed by atoms with E-state index in [0.717, 1.165) is 16.9 Å². The van der Waals surface area contributed by atoms with Crippen LogP contribution in [0.1, 0.15) is 36.1 Å². The smallest absolute Gasteiger partial charge is 0.0585 e. The second kappa shape index (κ2) is 3.72. The molecule has 0 fully saturated rings. The number of hydrogen-bond donors (Lipinski definition) is 1. The molecule has 0 aromatic heterocycles. The number of rotatable bonds is 1. The lowest BCUT2D eigenvalue weighted by atomic mass is 9.99. The zero-order valence-corrected chi connectivity index (χ0v) is 10.2. The van der Waals surface area contributed by atoms with Crippen LogP contribution in [0.25, 0.3) is 0 Å². The predicted molar refractivity (Wildman–Crippen MR) is 63.3 cm³/mol. The molecule has 3 unspecified atom stereocenters. The molecule has 1 heterocycles. The van der Waals surface area contributed by atoms with E-state index >= 15 is 0 Å². The fourth-order valence-electron chi connectivity index (χ4n) is 2.15. The minimum Gasteiger partial charge on any atom is -0.323 e. The van der Waals surface area contributed by atoms with Crippen LogP contribution in [0, 0.1) is 13.8 Å². The van der Waals surface area contributed by atoms with Gasteiger partial charge in [0, 0.05) is 10.9 Å². The van der Waals surface area contributed by atoms with Crippen molar-refractivity contribution in [2.75, 3.05) is 0 Å². The van der Waals surface area contributed by atoms with Gasteiger partial charge in [-0.2, -0.15) is 0 Å². The van der Waals surface area contributed by atoms with Crippen molar-refractivity contribution in [2.45, 2.75) is 43.4 Å². The van der Waals surface area contributed by atoms with Crippen molar-refractivity contribution in [1.82, 2.24) is 0 Å². The molecule has 1 aliphatic heterocycles. The lowest BCUT2D eigenvalue weighted by Crippen LogP contribution is -2.22. The van der Waals surface area contributed by atoms with Gasteiger partial charge in [-0.3, -0.25) is 4.21 Å². The molecule has 15 heavy (non-hydrogen) atoms. The molecule has 0 spiro atoms. The van der Waals surface area contributed by atoms with E-state index < -0.39 is 10.8 Å². The fourth-order valence-corrected chi connectivity index (χ4v) is 3.91. The fraction of sp³-hybridized carbons (Fsp3) is 0.500. The van der Waals surface area contributed by atoms with Crippen LogP contribution in [-0.4, -0.2) is 9.46 Å². The topological polar surface area (TPSA) is 43.1 Å². The van der Waals surface area contributed by atoms with Gasteiger partial charge in [0.1, 0.15) is 0 Å².